The van der Waals surface area contributed by atoms with E-state index in [1.165, 1.54) is 0 Å². The Morgan fingerprint density at radius 2 is 1.88 bits per heavy atom. The highest BCUT2D eigenvalue weighted by molar-refractivity contribution is 6.29. The first kappa shape index (κ1) is 16.4. The molecule has 1 atom stereocenters. The number of hydrogen-bond acceptors (Lipinski definition) is 7. The number of hydrogen-bond donors (Lipinski definition) is 2. The third kappa shape index (κ3) is 3.73. The predicted molar refractivity (Wildman–Crippen MR) is 95.2 cm³/mol. The van der Waals surface area contributed by atoms with Crippen molar-refractivity contribution in [3.05, 3.63) is 29.4 Å². The highest BCUT2D eigenvalue weighted by atomic mass is 35.5. The van der Waals surface area contributed by atoms with Crippen molar-refractivity contribution in [1.29, 1.82) is 0 Å². The summed E-state index contributed by atoms with van der Waals surface area (Å²) in [4.78, 5) is 10.3. The molecule has 128 valence electrons. The van der Waals surface area contributed by atoms with Crippen LogP contribution >= 0.6 is 11.6 Å². The van der Waals surface area contributed by atoms with Crippen LogP contribution in [0, 0.1) is 0 Å². The Labute approximate surface area is 145 Å². The second-order valence-electron chi connectivity index (χ2n) is 5.58. The van der Waals surface area contributed by atoms with Gasteiger partial charge in [-0.25, -0.2) is 4.98 Å². The fourth-order valence-electron chi connectivity index (χ4n) is 2.81. The number of nitrogens with two attached hydrogens (primary N) is 1. The van der Waals surface area contributed by atoms with Crippen LogP contribution in [0.15, 0.2) is 24.3 Å². The van der Waals surface area contributed by atoms with Crippen LogP contribution in [-0.4, -0.2) is 43.3 Å². The summed E-state index contributed by atoms with van der Waals surface area (Å²) in [7, 11) is 3.30. The second kappa shape index (κ2) is 7.00. The van der Waals surface area contributed by atoms with Gasteiger partial charge >= 0.3 is 0 Å². The smallest absolute Gasteiger partial charge is 0.223 e. The molecule has 0 bridgehead atoms. The Bertz CT molecular complexity index is 685. The first-order valence-electron chi connectivity index (χ1n) is 7.62. The molecule has 24 heavy (non-hydrogen) atoms. The fraction of sp³-hybridized carbons (Fsp3) is 0.375. The fourth-order valence-corrected chi connectivity index (χ4v) is 3.00. The van der Waals surface area contributed by atoms with Gasteiger partial charge in [0, 0.05) is 49.1 Å². The minimum Gasteiger partial charge on any atom is -0.497 e. The van der Waals surface area contributed by atoms with Crippen LogP contribution in [0.3, 0.4) is 0 Å². The maximum absolute atomic E-state index is 5.92. The molecule has 0 radical (unpaired) electrons. The Kier molecular flexibility index (Phi) is 4.80. The van der Waals surface area contributed by atoms with E-state index in [0.717, 1.165) is 36.7 Å². The van der Waals surface area contributed by atoms with E-state index < -0.39 is 0 Å². The molecule has 1 aromatic heterocycles. The number of aromatic nitrogens is 2. The van der Waals surface area contributed by atoms with Crippen molar-refractivity contribution in [1.82, 2.24) is 9.97 Å². The van der Waals surface area contributed by atoms with Crippen LogP contribution in [-0.2, 0) is 0 Å². The molecule has 1 fully saturated rings. The van der Waals surface area contributed by atoms with E-state index in [1.807, 2.05) is 18.2 Å². The number of rotatable bonds is 5. The molecule has 1 unspecified atom stereocenters. The lowest BCUT2D eigenvalue weighted by Crippen LogP contribution is -2.26. The van der Waals surface area contributed by atoms with Crippen molar-refractivity contribution in [3.63, 3.8) is 0 Å². The van der Waals surface area contributed by atoms with E-state index in [9.17, 15) is 0 Å². The standard InChI is InChI=1S/C16H20ClN5O2/c1-23-12-5-11(6-13(7-12)24-2)22-4-3-10(9-22)19-15-8-14(17)20-16(18)21-15/h5-8,10H,3-4,9H2,1-2H3,(H3,18,19,20,21). The number of methoxy groups -OCH3 is 2. The van der Waals surface area contributed by atoms with E-state index >= 15 is 0 Å². The van der Waals surface area contributed by atoms with Gasteiger partial charge in [0.15, 0.2) is 0 Å². The average molecular weight is 350 g/mol. The number of anilines is 3. The monoisotopic (exact) mass is 349 g/mol. The molecule has 8 heteroatoms. The summed E-state index contributed by atoms with van der Waals surface area (Å²) < 4.78 is 10.7. The van der Waals surface area contributed by atoms with Crippen molar-refractivity contribution in [2.45, 2.75) is 12.5 Å². The SMILES string of the molecule is COc1cc(OC)cc(N2CCC(Nc3cc(Cl)nc(N)n3)C2)c1. The molecule has 1 aliphatic rings. The molecule has 7 nitrogen and oxygen atoms in total. The molecule has 1 aromatic carbocycles. The van der Waals surface area contributed by atoms with E-state index in [2.05, 4.69) is 20.2 Å². The molecule has 2 aromatic rings. The maximum Gasteiger partial charge on any atom is 0.223 e. The van der Waals surface area contributed by atoms with Gasteiger partial charge < -0.3 is 25.4 Å². The number of benzene rings is 1. The Morgan fingerprint density at radius 3 is 2.50 bits per heavy atom. The number of ether oxygens (including phenoxy) is 2. The van der Waals surface area contributed by atoms with Crippen LogP contribution < -0.4 is 25.4 Å². The Hall–Kier alpha value is -2.41. The first-order chi connectivity index (χ1) is 11.6. The predicted octanol–water partition coefficient (Wildman–Crippen LogP) is 2.42. The van der Waals surface area contributed by atoms with E-state index in [1.54, 1.807) is 20.3 Å². The van der Waals surface area contributed by atoms with Crippen LogP contribution in [0.25, 0.3) is 0 Å². The summed E-state index contributed by atoms with van der Waals surface area (Å²) in [6.45, 7) is 1.75. The largest absolute Gasteiger partial charge is 0.497 e. The minimum absolute atomic E-state index is 0.164. The molecular weight excluding hydrogens is 330 g/mol. The molecule has 0 saturated carbocycles. The zero-order valence-corrected chi connectivity index (χ0v) is 14.4. The van der Waals surface area contributed by atoms with E-state index in [-0.39, 0.29) is 12.0 Å². The molecule has 0 amide bonds. The zero-order valence-electron chi connectivity index (χ0n) is 13.6. The quantitative estimate of drug-likeness (QED) is 0.802. The zero-order chi connectivity index (χ0) is 17.1. The normalized spacial score (nSPS) is 17.0. The highest BCUT2D eigenvalue weighted by Crippen LogP contribution is 2.31. The highest BCUT2D eigenvalue weighted by Gasteiger charge is 2.24. The summed E-state index contributed by atoms with van der Waals surface area (Å²) in [5.41, 5.74) is 6.70. The van der Waals surface area contributed by atoms with Crippen LogP contribution in [0.4, 0.5) is 17.5 Å². The lowest BCUT2D eigenvalue weighted by molar-refractivity contribution is 0.394. The number of nitrogens with one attached hydrogen (secondary N) is 1. The van der Waals surface area contributed by atoms with Gasteiger partial charge in [0.25, 0.3) is 0 Å². The first-order valence-corrected chi connectivity index (χ1v) is 8.00. The summed E-state index contributed by atoms with van der Waals surface area (Å²) in [6, 6.07) is 7.79. The van der Waals surface area contributed by atoms with Crippen LogP contribution in [0.2, 0.25) is 5.15 Å². The van der Waals surface area contributed by atoms with Crippen molar-refractivity contribution in [2.24, 2.45) is 0 Å². The molecule has 0 aliphatic carbocycles. The third-order valence-corrected chi connectivity index (χ3v) is 4.15. The lowest BCUT2D eigenvalue weighted by Gasteiger charge is -2.20. The van der Waals surface area contributed by atoms with Gasteiger partial charge in [-0.3, -0.25) is 0 Å². The molecular formula is C16H20ClN5O2. The molecule has 0 spiro atoms. The van der Waals surface area contributed by atoms with Crippen molar-refractivity contribution in [3.8, 4) is 11.5 Å². The van der Waals surface area contributed by atoms with Gasteiger partial charge in [-0.2, -0.15) is 4.98 Å². The molecule has 1 saturated heterocycles. The summed E-state index contributed by atoms with van der Waals surface area (Å²) in [5.74, 6) is 2.35. The molecule has 3 N–H and O–H groups in total. The van der Waals surface area contributed by atoms with Crippen molar-refractivity contribution >= 4 is 29.1 Å². The summed E-state index contributed by atoms with van der Waals surface area (Å²) in [5, 5.41) is 3.69. The molecule has 2 heterocycles. The lowest BCUT2D eigenvalue weighted by atomic mass is 10.2. The Balaban J connectivity index is 1.71. The van der Waals surface area contributed by atoms with Gasteiger partial charge in [0.2, 0.25) is 5.95 Å². The van der Waals surface area contributed by atoms with E-state index in [0.29, 0.717) is 11.0 Å². The number of nitrogen functional groups attached to an aromatic ring is 1. The van der Waals surface area contributed by atoms with Crippen LogP contribution in [0.1, 0.15) is 6.42 Å². The number of halogens is 1. The van der Waals surface area contributed by atoms with Crippen molar-refractivity contribution in [2.75, 3.05) is 43.3 Å². The minimum atomic E-state index is 0.164. The van der Waals surface area contributed by atoms with Gasteiger partial charge in [-0.05, 0) is 6.42 Å². The molecule has 3 rings (SSSR count). The maximum atomic E-state index is 5.92. The van der Waals surface area contributed by atoms with Gasteiger partial charge in [-0.1, -0.05) is 11.6 Å². The van der Waals surface area contributed by atoms with Crippen molar-refractivity contribution < 1.29 is 9.47 Å². The topological polar surface area (TPSA) is 85.5 Å². The second-order valence-corrected chi connectivity index (χ2v) is 5.97. The Morgan fingerprint density at radius 1 is 1.17 bits per heavy atom. The molecule has 1 aliphatic heterocycles. The summed E-state index contributed by atoms with van der Waals surface area (Å²) in [6.07, 6.45) is 0.973. The third-order valence-electron chi connectivity index (χ3n) is 3.95. The average Bonchev–Trinajstić information content (AvgIpc) is 3.01. The van der Waals surface area contributed by atoms with E-state index in [4.69, 9.17) is 26.8 Å². The van der Waals surface area contributed by atoms with Gasteiger partial charge in [-0.15, -0.1) is 0 Å². The van der Waals surface area contributed by atoms with Gasteiger partial charge in [0.05, 0.1) is 14.2 Å². The van der Waals surface area contributed by atoms with Gasteiger partial charge in [0.1, 0.15) is 22.5 Å². The summed E-state index contributed by atoms with van der Waals surface area (Å²) >= 11 is 5.92. The van der Waals surface area contributed by atoms with Crippen LogP contribution in [0.5, 0.6) is 11.5 Å². The number of nitrogens with zero attached hydrogens (tertiary/aromatic N) is 3.